The van der Waals surface area contributed by atoms with Crippen LogP contribution in [0.25, 0.3) is 0 Å². The highest BCUT2D eigenvalue weighted by Crippen LogP contribution is 2.27. The molecule has 0 saturated carbocycles. The number of aromatic nitrogens is 4. The summed E-state index contributed by atoms with van der Waals surface area (Å²) in [6, 6.07) is 7.63. The minimum atomic E-state index is -4.54. The first-order chi connectivity index (χ1) is 15.7. The number of aryl methyl sites for hydroxylation is 2. The van der Waals surface area contributed by atoms with E-state index in [1.54, 1.807) is 18.0 Å². The molecular weight excluding hydrogens is 435 g/mol. The number of carbonyl (C=O) groups excluding carboxylic acids is 1. The van der Waals surface area contributed by atoms with E-state index in [-0.39, 0.29) is 11.5 Å². The lowest BCUT2D eigenvalue weighted by Crippen LogP contribution is -2.49. The highest BCUT2D eigenvalue weighted by molar-refractivity contribution is 5.94. The molecule has 1 amide bonds. The number of amides is 1. The summed E-state index contributed by atoms with van der Waals surface area (Å²) in [4.78, 5) is 32.9. The summed E-state index contributed by atoms with van der Waals surface area (Å²) in [5.41, 5.74) is 0.183. The summed E-state index contributed by atoms with van der Waals surface area (Å²) in [5, 5.41) is 3.19. The molecule has 4 rings (SSSR count). The number of piperazine rings is 1. The van der Waals surface area contributed by atoms with Crippen molar-refractivity contribution in [2.24, 2.45) is 0 Å². The van der Waals surface area contributed by atoms with E-state index in [2.05, 4.69) is 25.3 Å². The lowest BCUT2D eigenvalue weighted by molar-refractivity contribution is -0.141. The summed E-state index contributed by atoms with van der Waals surface area (Å²) < 4.78 is 38.1. The molecule has 172 valence electrons. The van der Waals surface area contributed by atoms with Gasteiger partial charge in [-0.3, -0.25) is 9.78 Å². The third-order valence-corrected chi connectivity index (χ3v) is 5.19. The Kier molecular flexibility index (Phi) is 6.12. The molecule has 1 N–H and O–H groups in total. The highest BCUT2D eigenvalue weighted by atomic mass is 19.4. The van der Waals surface area contributed by atoms with Crippen LogP contribution < -0.4 is 10.2 Å². The average Bonchev–Trinajstić information content (AvgIpc) is 2.78. The van der Waals surface area contributed by atoms with Crippen LogP contribution in [0.2, 0.25) is 0 Å². The first-order valence-electron chi connectivity index (χ1n) is 10.3. The Labute approximate surface area is 188 Å². The second kappa shape index (κ2) is 9.00. The van der Waals surface area contributed by atoms with Crippen LogP contribution in [0, 0.1) is 13.8 Å². The third kappa shape index (κ3) is 5.36. The van der Waals surface area contributed by atoms with Gasteiger partial charge in [-0.05, 0) is 43.7 Å². The molecule has 1 saturated heterocycles. The van der Waals surface area contributed by atoms with Gasteiger partial charge in [0, 0.05) is 44.6 Å². The van der Waals surface area contributed by atoms with Crippen molar-refractivity contribution >= 4 is 23.4 Å². The predicted molar refractivity (Wildman–Crippen MR) is 116 cm³/mol. The van der Waals surface area contributed by atoms with E-state index in [1.807, 2.05) is 30.0 Å². The van der Waals surface area contributed by atoms with E-state index in [9.17, 15) is 18.0 Å². The van der Waals surface area contributed by atoms with Crippen molar-refractivity contribution in [3.05, 3.63) is 65.4 Å². The number of carbonyl (C=O) groups is 1. The first kappa shape index (κ1) is 22.4. The SMILES string of the molecule is Cc1ccnc(Nc2cc(N3CCN(C(=O)c4ccc(C(F)(F)F)nc4)CC3)nc(C)n2)c1. The Bertz CT molecular complexity index is 1140. The van der Waals surface area contributed by atoms with Gasteiger partial charge in [-0.2, -0.15) is 13.2 Å². The molecule has 3 aromatic rings. The summed E-state index contributed by atoms with van der Waals surface area (Å²) >= 11 is 0. The quantitative estimate of drug-likeness (QED) is 0.641. The third-order valence-electron chi connectivity index (χ3n) is 5.19. The molecule has 0 unspecified atom stereocenters. The van der Waals surface area contributed by atoms with Crippen LogP contribution >= 0.6 is 0 Å². The largest absolute Gasteiger partial charge is 0.433 e. The fourth-order valence-corrected chi connectivity index (χ4v) is 3.52. The summed E-state index contributed by atoms with van der Waals surface area (Å²) in [6.45, 7) is 5.65. The Balaban J connectivity index is 1.41. The van der Waals surface area contributed by atoms with E-state index < -0.39 is 11.9 Å². The van der Waals surface area contributed by atoms with Gasteiger partial charge in [0.25, 0.3) is 5.91 Å². The summed E-state index contributed by atoms with van der Waals surface area (Å²) in [7, 11) is 0. The highest BCUT2D eigenvalue weighted by Gasteiger charge is 2.32. The van der Waals surface area contributed by atoms with Crippen molar-refractivity contribution in [2.75, 3.05) is 36.4 Å². The van der Waals surface area contributed by atoms with Crippen molar-refractivity contribution in [3.63, 3.8) is 0 Å². The van der Waals surface area contributed by atoms with Crippen LogP contribution in [0.15, 0.2) is 42.7 Å². The molecule has 4 heterocycles. The molecule has 3 aromatic heterocycles. The molecule has 1 fully saturated rings. The molecule has 8 nitrogen and oxygen atoms in total. The maximum absolute atomic E-state index is 12.7. The van der Waals surface area contributed by atoms with E-state index >= 15 is 0 Å². The van der Waals surface area contributed by atoms with Gasteiger partial charge in [-0.25, -0.2) is 15.0 Å². The molecule has 1 aliphatic heterocycles. The number of nitrogens with one attached hydrogen (secondary N) is 1. The standard InChI is InChI=1S/C22H22F3N7O/c1-14-5-6-26-18(11-14)30-19-12-20(29-15(2)28-19)31-7-9-32(10-8-31)21(33)16-3-4-17(27-13-16)22(23,24)25/h3-6,11-13H,7-10H2,1-2H3,(H,26,28,29,30). The zero-order valence-corrected chi connectivity index (χ0v) is 18.1. The number of halogens is 3. The number of alkyl halides is 3. The Morgan fingerprint density at radius 3 is 2.36 bits per heavy atom. The fourth-order valence-electron chi connectivity index (χ4n) is 3.52. The van der Waals surface area contributed by atoms with Gasteiger partial charge in [0.05, 0.1) is 5.56 Å². The monoisotopic (exact) mass is 457 g/mol. The molecule has 0 spiro atoms. The molecule has 33 heavy (non-hydrogen) atoms. The second-order valence-electron chi connectivity index (χ2n) is 7.71. The lowest BCUT2D eigenvalue weighted by Gasteiger charge is -2.35. The number of hydrogen-bond donors (Lipinski definition) is 1. The minimum Gasteiger partial charge on any atom is -0.353 e. The van der Waals surface area contributed by atoms with Crippen molar-refractivity contribution in [1.82, 2.24) is 24.8 Å². The molecule has 0 aliphatic carbocycles. The van der Waals surface area contributed by atoms with Gasteiger partial charge in [-0.15, -0.1) is 0 Å². The van der Waals surface area contributed by atoms with Crippen LogP contribution in [0.5, 0.6) is 0 Å². The van der Waals surface area contributed by atoms with Gasteiger partial charge in [0.2, 0.25) is 0 Å². The van der Waals surface area contributed by atoms with E-state index in [4.69, 9.17) is 0 Å². The fraction of sp³-hybridized carbons (Fsp3) is 0.318. The maximum atomic E-state index is 12.7. The van der Waals surface area contributed by atoms with Crippen molar-refractivity contribution < 1.29 is 18.0 Å². The number of anilines is 3. The topological polar surface area (TPSA) is 87.1 Å². The second-order valence-corrected chi connectivity index (χ2v) is 7.71. The Hall–Kier alpha value is -3.76. The molecule has 0 radical (unpaired) electrons. The van der Waals surface area contributed by atoms with Gasteiger partial charge in [0.15, 0.2) is 0 Å². The number of rotatable bonds is 4. The summed E-state index contributed by atoms with van der Waals surface area (Å²) in [5.74, 6) is 2.27. The van der Waals surface area contributed by atoms with Gasteiger partial charge in [0.1, 0.15) is 29.0 Å². The summed E-state index contributed by atoms with van der Waals surface area (Å²) in [6.07, 6.45) is -1.84. The van der Waals surface area contributed by atoms with Crippen molar-refractivity contribution in [2.45, 2.75) is 20.0 Å². The van der Waals surface area contributed by atoms with Crippen molar-refractivity contribution in [3.8, 4) is 0 Å². The van der Waals surface area contributed by atoms with E-state index in [0.717, 1.165) is 29.7 Å². The average molecular weight is 457 g/mol. The van der Waals surface area contributed by atoms with Crippen molar-refractivity contribution in [1.29, 1.82) is 0 Å². The zero-order chi connectivity index (χ0) is 23.6. The molecule has 0 aromatic carbocycles. The lowest BCUT2D eigenvalue weighted by atomic mass is 10.2. The van der Waals surface area contributed by atoms with E-state index in [1.165, 1.54) is 0 Å². The van der Waals surface area contributed by atoms with Crippen LogP contribution in [-0.2, 0) is 6.18 Å². The normalized spacial score (nSPS) is 14.3. The van der Waals surface area contributed by atoms with Crippen LogP contribution in [0.3, 0.4) is 0 Å². The first-order valence-corrected chi connectivity index (χ1v) is 10.3. The zero-order valence-electron chi connectivity index (χ0n) is 18.1. The van der Waals surface area contributed by atoms with Gasteiger partial charge in [-0.1, -0.05) is 0 Å². The molecule has 1 aliphatic rings. The smallest absolute Gasteiger partial charge is 0.353 e. The number of hydrogen-bond acceptors (Lipinski definition) is 7. The molecule has 0 atom stereocenters. The van der Waals surface area contributed by atoms with E-state index in [0.29, 0.717) is 43.6 Å². The minimum absolute atomic E-state index is 0.131. The number of pyridine rings is 2. The van der Waals surface area contributed by atoms with Gasteiger partial charge < -0.3 is 15.1 Å². The van der Waals surface area contributed by atoms with Crippen LogP contribution in [0.1, 0.15) is 27.4 Å². The Morgan fingerprint density at radius 2 is 1.73 bits per heavy atom. The number of nitrogens with zero attached hydrogens (tertiary/aromatic N) is 6. The van der Waals surface area contributed by atoms with Gasteiger partial charge >= 0.3 is 6.18 Å². The molecule has 0 bridgehead atoms. The predicted octanol–water partition coefficient (Wildman–Crippen LogP) is 3.61. The van der Waals surface area contributed by atoms with Crippen LogP contribution in [-0.4, -0.2) is 56.9 Å². The Morgan fingerprint density at radius 1 is 0.970 bits per heavy atom. The maximum Gasteiger partial charge on any atom is 0.433 e. The van der Waals surface area contributed by atoms with Crippen LogP contribution in [0.4, 0.5) is 30.6 Å². The molecular formula is C22H22F3N7O. The molecule has 11 heteroatoms.